The van der Waals surface area contributed by atoms with Crippen LogP contribution in [0.3, 0.4) is 0 Å². The molecule has 0 unspecified atom stereocenters. The summed E-state index contributed by atoms with van der Waals surface area (Å²) in [5.74, 6) is -0.0868. The normalized spacial score (nSPS) is 19.8. The number of likely N-dealkylation sites (N-methyl/N-ethyl adjacent to an activating group) is 1. The Morgan fingerprint density at radius 1 is 1.41 bits per heavy atom. The quantitative estimate of drug-likeness (QED) is 0.715. The third-order valence-corrected chi connectivity index (χ3v) is 3.09. The monoisotopic (exact) mass is 242 g/mol. The second-order valence-electron chi connectivity index (χ2n) is 4.44. The van der Waals surface area contributed by atoms with Crippen molar-refractivity contribution >= 4 is 11.9 Å². The van der Waals surface area contributed by atoms with Crippen LogP contribution in [-0.2, 0) is 14.3 Å². The molecule has 0 aliphatic carbocycles. The van der Waals surface area contributed by atoms with Gasteiger partial charge in [0.25, 0.3) is 0 Å². The van der Waals surface area contributed by atoms with Crippen molar-refractivity contribution < 1.29 is 14.3 Å². The van der Waals surface area contributed by atoms with Gasteiger partial charge in [0.15, 0.2) is 0 Å². The third kappa shape index (κ3) is 4.73. The molecule has 17 heavy (non-hydrogen) atoms. The number of ether oxygens (including phenoxy) is 1. The van der Waals surface area contributed by atoms with Gasteiger partial charge < -0.3 is 15.0 Å². The van der Waals surface area contributed by atoms with Crippen molar-refractivity contribution in [2.24, 2.45) is 0 Å². The van der Waals surface area contributed by atoms with Gasteiger partial charge in [-0.2, -0.15) is 0 Å². The molecule has 1 fully saturated rings. The first-order chi connectivity index (χ1) is 8.15. The average molecular weight is 242 g/mol. The van der Waals surface area contributed by atoms with E-state index in [-0.39, 0.29) is 17.9 Å². The molecule has 1 amide bonds. The number of carbonyl (C=O) groups excluding carboxylic acids is 2. The van der Waals surface area contributed by atoms with Gasteiger partial charge >= 0.3 is 5.97 Å². The first-order valence-electron chi connectivity index (χ1n) is 6.20. The zero-order chi connectivity index (χ0) is 12.7. The summed E-state index contributed by atoms with van der Waals surface area (Å²) in [6.07, 6.45) is 4.20. The van der Waals surface area contributed by atoms with E-state index in [1.165, 1.54) is 7.11 Å². The lowest BCUT2D eigenvalue weighted by Gasteiger charge is -2.27. The molecule has 1 heterocycles. The van der Waals surface area contributed by atoms with Gasteiger partial charge in [-0.05, 0) is 25.8 Å². The van der Waals surface area contributed by atoms with E-state index < -0.39 is 0 Å². The lowest BCUT2D eigenvalue weighted by atomic mass is 10.0. The molecule has 1 saturated heterocycles. The highest BCUT2D eigenvalue weighted by molar-refractivity contribution is 5.81. The Labute approximate surface area is 102 Å². The summed E-state index contributed by atoms with van der Waals surface area (Å²) >= 11 is 0. The van der Waals surface area contributed by atoms with Gasteiger partial charge in [-0.25, -0.2) is 0 Å². The molecule has 0 aromatic heterocycles. The number of rotatable bonds is 5. The van der Waals surface area contributed by atoms with Gasteiger partial charge in [0.2, 0.25) is 5.91 Å². The third-order valence-electron chi connectivity index (χ3n) is 3.09. The van der Waals surface area contributed by atoms with Crippen molar-refractivity contribution in [2.75, 3.05) is 27.2 Å². The number of hydrogen-bond donors (Lipinski definition) is 1. The Morgan fingerprint density at radius 3 is 2.76 bits per heavy atom. The molecule has 98 valence electrons. The van der Waals surface area contributed by atoms with Crippen LogP contribution in [0.25, 0.3) is 0 Å². The van der Waals surface area contributed by atoms with Crippen LogP contribution < -0.4 is 5.32 Å². The average Bonchev–Trinajstić information content (AvgIpc) is 2.38. The Balaban J connectivity index is 2.23. The van der Waals surface area contributed by atoms with Gasteiger partial charge in [-0.15, -0.1) is 0 Å². The SMILES string of the molecule is COC(=O)CCCN(C)C(=O)[C@H]1CCCCN1. The first-order valence-corrected chi connectivity index (χ1v) is 6.20. The van der Waals surface area contributed by atoms with Crippen LogP contribution in [0.1, 0.15) is 32.1 Å². The van der Waals surface area contributed by atoms with Gasteiger partial charge in [0.1, 0.15) is 0 Å². The molecule has 0 radical (unpaired) electrons. The summed E-state index contributed by atoms with van der Waals surface area (Å²) in [6, 6.07) is -0.0353. The summed E-state index contributed by atoms with van der Waals surface area (Å²) in [5, 5.41) is 3.23. The van der Waals surface area contributed by atoms with E-state index in [9.17, 15) is 9.59 Å². The Kier molecular flexibility index (Phi) is 5.97. The number of hydrogen-bond acceptors (Lipinski definition) is 4. The molecule has 5 nitrogen and oxygen atoms in total. The van der Waals surface area contributed by atoms with Crippen LogP contribution in [0.5, 0.6) is 0 Å². The van der Waals surface area contributed by atoms with E-state index in [1.807, 2.05) is 0 Å². The maximum Gasteiger partial charge on any atom is 0.305 e. The van der Waals surface area contributed by atoms with Crippen molar-refractivity contribution in [3.63, 3.8) is 0 Å². The predicted molar refractivity (Wildman–Crippen MR) is 64.5 cm³/mol. The number of carbonyl (C=O) groups is 2. The lowest BCUT2D eigenvalue weighted by Crippen LogP contribution is -2.47. The van der Waals surface area contributed by atoms with Crippen LogP contribution in [0.15, 0.2) is 0 Å². The topological polar surface area (TPSA) is 58.6 Å². The van der Waals surface area contributed by atoms with Gasteiger partial charge in [0.05, 0.1) is 13.2 Å². The number of nitrogens with zero attached hydrogens (tertiary/aromatic N) is 1. The highest BCUT2D eigenvalue weighted by Crippen LogP contribution is 2.09. The minimum absolute atomic E-state index is 0.0353. The van der Waals surface area contributed by atoms with Gasteiger partial charge in [0, 0.05) is 20.0 Å². The first kappa shape index (κ1) is 14.0. The summed E-state index contributed by atoms with van der Waals surface area (Å²) in [6.45, 7) is 1.53. The predicted octanol–water partition coefficient (Wildman–Crippen LogP) is 0.540. The minimum atomic E-state index is -0.221. The van der Waals surface area contributed by atoms with Crippen molar-refractivity contribution in [3.05, 3.63) is 0 Å². The molecule has 0 saturated carbocycles. The molecule has 0 bridgehead atoms. The second-order valence-corrected chi connectivity index (χ2v) is 4.44. The van der Waals surface area contributed by atoms with Crippen LogP contribution >= 0.6 is 0 Å². The van der Waals surface area contributed by atoms with Crippen molar-refractivity contribution in [1.82, 2.24) is 10.2 Å². The van der Waals surface area contributed by atoms with E-state index in [1.54, 1.807) is 11.9 Å². The molecular formula is C12H22N2O3. The zero-order valence-electron chi connectivity index (χ0n) is 10.7. The van der Waals surface area contributed by atoms with Crippen LogP contribution in [0, 0.1) is 0 Å². The number of esters is 1. The highest BCUT2D eigenvalue weighted by Gasteiger charge is 2.23. The van der Waals surface area contributed by atoms with Crippen molar-refractivity contribution in [3.8, 4) is 0 Å². The lowest BCUT2D eigenvalue weighted by molar-refractivity contribution is -0.141. The number of nitrogens with one attached hydrogen (secondary N) is 1. The van der Waals surface area contributed by atoms with Gasteiger partial charge in [-0.3, -0.25) is 9.59 Å². The molecule has 0 spiro atoms. The fourth-order valence-electron chi connectivity index (χ4n) is 2.00. The Hall–Kier alpha value is -1.10. The van der Waals surface area contributed by atoms with E-state index >= 15 is 0 Å². The molecule has 1 aliphatic heterocycles. The standard InChI is InChI=1S/C12H22N2O3/c1-14(9-5-7-11(15)17-2)12(16)10-6-3-4-8-13-10/h10,13H,3-9H2,1-2H3/t10-/m1/s1. The maximum absolute atomic E-state index is 12.0. The molecule has 1 aliphatic rings. The van der Waals surface area contributed by atoms with Crippen LogP contribution in [0.4, 0.5) is 0 Å². The fraction of sp³-hybridized carbons (Fsp3) is 0.833. The van der Waals surface area contributed by atoms with Crippen LogP contribution in [-0.4, -0.2) is 50.1 Å². The zero-order valence-corrected chi connectivity index (χ0v) is 10.7. The largest absolute Gasteiger partial charge is 0.469 e. The smallest absolute Gasteiger partial charge is 0.305 e. The van der Waals surface area contributed by atoms with E-state index in [2.05, 4.69) is 10.1 Å². The Bertz CT molecular complexity index is 262. The number of methoxy groups -OCH3 is 1. The number of piperidine rings is 1. The van der Waals surface area contributed by atoms with E-state index in [0.29, 0.717) is 19.4 Å². The molecule has 1 rings (SSSR count). The minimum Gasteiger partial charge on any atom is -0.469 e. The van der Waals surface area contributed by atoms with Crippen LogP contribution in [0.2, 0.25) is 0 Å². The molecule has 5 heteroatoms. The van der Waals surface area contributed by atoms with Gasteiger partial charge in [-0.1, -0.05) is 6.42 Å². The highest BCUT2D eigenvalue weighted by atomic mass is 16.5. The molecule has 1 atom stereocenters. The summed E-state index contributed by atoms with van der Waals surface area (Å²) < 4.78 is 4.55. The summed E-state index contributed by atoms with van der Waals surface area (Å²) in [4.78, 5) is 24.6. The van der Waals surface area contributed by atoms with E-state index in [0.717, 1.165) is 25.8 Å². The maximum atomic E-state index is 12.0. The van der Waals surface area contributed by atoms with E-state index in [4.69, 9.17) is 0 Å². The Morgan fingerprint density at radius 2 is 2.18 bits per heavy atom. The molecule has 0 aromatic carbocycles. The molecule has 0 aromatic rings. The van der Waals surface area contributed by atoms with Crippen molar-refractivity contribution in [2.45, 2.75) is 38.1 Å². The fourth-order valence-corrected chi connectivity index (χ4v) is 2.00. The van der Waals surface area contributed by atoms with Crippen molar-refractivity contribution in [1.29, 1.82) is 0 Å². The summed E-state index contributed by atoms with van der Waals surface area (Å²) in [5.41, 5.74) is 0. The number of amides is 1. The summed E-state index contributed by atoms with van der Waals surface area (Å²) in [7, 11) is 3.17. The molecular weight excluding hydrogens is 220 g/mol. The second kappa shape index (κ2) is 7.27. The molecule has 1 N–H and O–H groups in total.